The maximum absolute atomic E-state index is 11.9. The van der Waals surface area contributed by atoms with E-state index in [0.29, 0.717) is 12.4 Å². The molecule has 0 saturated heterocycles. The number of carboxylic acid groups (broad SMARTS) is 1. The summed E-state index contributed by atoms with van der Waals surface area (Å²) < 4.78 is 0. The summed E-state index contributed by atoms with van der Waals surface area (Å²) in [7, 11) is 0. The lowest BCUT2D eigenvalue weighted by Crippen LogP contribution is -2.54. The lowest BCUT2D eigenvalue weighted by atomic mass is 9.76. The monoisotopic (exact) mass is 280 g/mol. The number of carbonyl (C=O) groups excluding carboxylic acids is 1. The Hall–Kier alpha value is -2.05. The summed E-state index contributed by atoms with van der Waals surface area (Å²) >= 11 is 0. The molecule has 0 atom stereocenters. The molecule has 1 aromatic rings. The van der Waals surface area contributed by atoms with Gasteiger partial charge in [0.05, 0.1) is 11.7 Å². The van der Waals surface area contributed by atoms with Crippen LogP contribution in [0.3, 0.4) is 0 Å². The highest BCUT2D eigenvalue weighted by atomic mass is 16.4. The molecule has 0 unspecified atom stereocenters. The molecule has 2 rings (SSSR count). The average molecular weight is 280 g/mol. The summed E-state index contributed by atoms with van der Waals surface area (Å²) in [5.74, 6) is -0.530. The fourth-order valence-electron chi connectivity index (χ4n) is 2.26. The molecular weight excluding hydrogens is 260 g/mol. The van der Waals surface area contributed by atoms with Crippen LogP contribution in [0.1, 0.15) is 55.3 Å². The van der Waals surface area contributed by atoms with Crippen LogP contribution in [-0.2, 0) is 5.54 Å². The third-order valence-electron chi connectivity index (χ3n) is 3.64. The number of imidazole rings is 1. The summed E-state index contributed by atoms with van der Waals surface area (Å²) in [5.41, 5.74) is -0.510. The SMILES string of the molecule is CCCCNC(=O)NC1(c2ncc(C(=O)O)[nH]2)CCC1. The summed E-state index contributed by atoms with van der Waals surface area (Å²) in [6.07, 6.45) is 5.75. The normalized spacial score (nSPS) is 16.2. The first-order valence-corrected chi connectivity index (χ1v) is 6.92. The highest BCUT2D eigenvalue weighted by Gasteiger charge is 2.42. The van der Waals surface area contributed by atoms with Crippen LogP contribution in [-0.4, -0.2) is 33.6 Å². The van der Waals surface area contributed by atoms with E-state index in [2.05, 4.69) is 27.5 Å². The summed E-state index contributed by atoms with van der Waals surface area (Å²) in [4.78, 5) is 29.6. The van der Waals surface area contributed by atoms with E-state index >= 15 is 0 Å². The predicted molar refractivity (Wildman–Crippen MR) is 72.5 cm³/mol. The van der Waals surface area contributed by atoms with Crippen molar-refractivity contribution in [3.05, 3.63) is 17.7 Å². The van der Waals surface area contributed by atoms with Gasteiger partial charge in [0.1, 0.15) is 11.5 Å². The van der Waals surface area contributed by atoms with Crippen molar-refractivity contribution in [1.82, 2.24) is 20.6 Å². The number of nitrogens with zero attached hydrogens (tertiary/aromatic N) is 1. The molecule has 0 radical (unpaired) electrons. The van der Waals surface area contributed by atoms with Gasteiger partial charge in [0, 0.05) is 6.54 Å². The molecule has 0 aliphatic heterocycles. The Morgan fingerprint density at radius 1 is 1.50 bits per heavy atom. The first-order chi connectivity index (χ1) is 9.57. The summed E-state index contributed by atoms with van der Waals surface area (Å²) in [6, 6.07) is -0.230. The average Bonchev–Trinajstić information content (AvgIpc) is 2.84. The van der Waals surface area contributed by atoms with Crippen molar-refractivity contribution in [2.75, 3.05) is 6.54 Å². The fourth-order valence-corrected chi connectivity index (χ4v) is 2.26. The second-order valence-corrected chi connectivity index (χ2v) is 5.12. The number of hydrogen-bond acceptors (Lipinski definition) is 3. The van der Waals surface area contributed by atoms with Crippen molar-refractivity contribution < 1.29 is 14.7 Å². The van der Waals surface area contributed by atoms with Gasteiger partial charge >= 0.3 is 12.0 Å². The lowest BCUT2D eigenvalue weighted by Gasteiger charge is -2.40. The summed E-state index contributed by atoms with van der Waals surface area (Å²) in [5, 5.41) is 14.6. The van der Waals surface area contributed by atoms with E-state index in [9.17, 15) is 9.59 Å². The minimum atomic E-state index is -1.05. The zero-order valence-corrected chi connectivity index (χ0v) is 11.5. The number of carboxylic acids is 1. The van der Waals surface area contributed by atoms with Crippen LogP contribution in [0.15, 0.2) is 6.20 Å². The van der Waals surface area contributed by atoms with Crippen molar-refractivity contribution >= 4 is 12.0 Å². The molecule has 7 heteroatoms. The molecule has 1 heterocycles. The van der Waals surface area contributed by atoms with Gasteiger partial charge in [0.25, 0.3) is 0 Å². The maximum Gasteiger partial charge on any atom is 0.353 e. The first-order valence-electron chi connectivity index (χ1n) is 6.92. The van der Waals surface area contributed by atoms with Crippen molar-refractivity contribution in [3.8, 4) is 0 Å². The van der Waals surface area contributed by atoms with E-state index in [1.54, 1.807) is 0 Å². The second-order valence-electron chi connectivity index (χ2n) is 5.12. The molecule has 2 amide bonds. The topological polar surface area (TPSA) is 107 Å². The van der Waals surface area contributed by atoms with E-state index in [1.165, 1.54) is 6.20 Å². The van der Waals surface area contributed by atoms with Gasteiger partial charge in [-0.1, -0.05) is 13.3 Å². The third-order valence-corrected chi connectivity index (χ3v) is 3.64. The van der Waals surface area contributed by atoms with Crippen LogP contribution in [0.25, 0.3) is 0 Å². The minimum absolute atomic E-state index is 0.0412. The van der Waals surface area contributed by atoms with Gasteiger partial charge in [0.2, 0.25) is 0 Å². The third kappa shape index (κ3) is 2.92. The number of nitrogens with one attached hydrogen (secondary N) is 3. The van der Waals surface area contributed by atoms with Crippen molar-refractivity contribution in [2.45, 2.75) is 44.6 Å². The highest BCUT2D eigenvalue weighted by molar-refractivity contribution is 5.85. The molecule has 110 valence electrons. The molecule has 20 heavy (non-hydrogen) atoms. The molecule has 0 spiro atoms. The smallest absolute Gasteiger partial charge is 0.353 e. The van der Waals surface area contributed by atoms with Gasteiger partial charge in [-0.15, -0.1) is 0 Å². The van der Waals surface area contributed by atoms with Crippen LogP contribution in [0, 0.1) is 0 Å². The number of aromatic carboxylic acids is 1. The van der Waals surface area contributed by atoms with Crippen molar-refractivity contribution in [1.29, 1.82) is 0 Å². The Morgan fingerprint density at radius 2 is 2.25 bits per heavy atom. The standard InChI is InChI=1S/C13H20N4O3/c1-2-3-7-14-12(20)17-13(5-4-6-13)11-15-8-9(16-11)10(18)19/h8H,2-7H2,1H3,(H,15,16)(H,18,19)(H2,14,17,20). The van der Waals surface area contributed by atoms with Crippen LogP contribution in [0.2, 0.25) is 0 Å². The largest absolute Gasteiger partial charge is 0.477 e. The van der Waals surface area contributed by atoms with E-state index in [-0.39, 0.29) is 11.7 Å². The molecule has 7 nitrogen and oxygen atoms in total. The number of H-pyrrole nitrogens is 1. The number of hydrogen-bond donors (Lipinski definition) is 4. The number of rotatable bonds is 6. The minimum Gasteiger partial charge on any atom is -0.477 e. The van der Waals surface area contributed by atoms with Gasteiger partial charge < -0.3 is 20.7 Å². The number of urea groups is 1. The van der Waals surface area contributed by atoms with E-state index in [1.807, 2.05) is 0 Å². The van der Waals surface area contributed by atoms with Crippen LogP contribution < -0.4 is 10.6 Å². The molecule has 0 aromatic carbocycles. The zero-order chi connectivity index (χ0) is 14.6. The number of unbranched alkanes of at least 4 members (excludes halogenated alkanes) is 1. The van der Waals surface area contributed by atoms with Crippen LogP contribution in [0.4, 0.5) is 4.79 Å². The van der Waals surface area contributed by atoms with E-state index in [4.69, 9.17) is 5.11 Å². The molecule has 1 saturated carbocycles. The lowest BCUT2D eigenvalue weighted by molar-refractivity contribution is 0.0690. The van der Waals surface area contributed by atoms with Crippen LogP contribution in [0.5, 0.6) is 0 Å². The Bertz CT molecular complexity index is 494. The maximum atomic E-state index is 11.9. The molecule has 4 N–H and O–H groups in total. The van der Waals surface area contributed by atoms with Crippen molar-refractivity contribution in [2.24, 2.45) is 0 Å². The Labute approximate surface area is 117 Å². The Balaban J connectivity index is 2.01. The predicted octanol–water partition coefficient (Wildman–Crippen LogP) is 1.59. The number of aromatic amines is 1. The molecule has 1 aliphatic rings. The number of aromatic nitrogens is 2. The fraction of sp³-hybridized carbons (Fsp3) is 0.615. The Morgan fingerprint density at radius 3 is 2.75 bits per heavy atom. The van der Waals surface area contributed by atoms with Gasteiger partial charge in [-0.2, -0.15) is 0 Å². The van der Waals surface area contributed by atoms with Gasteiger partial charge in [-0.3, -0.25) is 0 Å². The van der Waals surface area contributed by atoms with Crippen molar-refractivity contribution in [3.63, 3.8) is 0 Å². The van der Waals surface area contributed by atoms with E-state index < -0.39 is 11.5 Å². The zero-order valence-electron chi connectivity index (χ0n) is 11.5. The van der Waals surface area contributed by atoms with Gasteiger partial charge in [-0.25, -0.2) is 14.6 Å². The van der Waals surface area contributed by atoms with Gasteiger partial charge in [-0.05, 0) is 25.7 Å². The number of carbonyl (C=O) groups is 2. The molecular formula is C13H20N4O3. The van der Waals surface area contributed by atoms with Crippen LogP contribution >= 0.6 is 0 Å². The summed E-state index contributed by atoms with van der Waals surface area (Å²) in [6.45, 7) is 2.69. The first kappa shape index (κ1) is 14.4. The molecule has 0 bridgehead atoms. The number of amides is 2. The molecule has 1 fully saturated rings. The Kier molecular flexibility index (Phi) is 4.26. The second kappa shape index (κ2) is 5.94. The van der Waals surface area contributed by atoms with E-state index in [0.717, 1.165) is 32.1 Å². The molecule has 1 aromatic heterocycles. The molecule has 1 aliphatic carbocycles. The van der Waals surface area contributed by atoms with Gasteiger partial charge in [0.15, 0.2) is 0 Å². The quantitative estimate of drug-likeness (QED) is 0.593. The highest BCUT2D eigenvalue weighted by Crippen LogP contribution is 2.39.